The summed E-state index contributed by atoms with van der Waals surface area (Å²) in [7, 11) is 0. The molecule has 0 spiro atoms. The number of halogens is 2. The number of ether oxygens (including phenoxy) is 1. The minimum absolute atomic E-state index is 0.0566. The highest BCUT2D eigenvalue weighted by Crippen LogP contribution is 2.21. The number of benzene rings is 2. The van der Waals surface area contributed by atoms with Crippen molar-refractivity contribution in [1.29, 1.82) is 0 Å². The maximum atomic E-state index is 13.1. The van der Waals surface area contributed by atoms with Crippen LogP contribution in [-0.4, -0.2) is 22.3 Å². The molecule has 0 aliphatic carbocycles. The van der Waals surface area contributed by atoms with Crippen molar-refractivity contribution >= 4 is 23.3 Å². The third-order valence-electron chi connectivity index (χ3n) is 3.42. The number of aromatic nitrogens is 2. The Bertz CT molecular complexity index is 868. The number of carbonyl (C=O) groups excluding carboxylic acids is 1. The maximum absolute atomic E-state index is 13.1. The Hall–Kier alpha value is -2.86. The second-order valence-electron chi connectivity index (χ2n) is 5.27. The standard InChI is InChI=1S/C18H15ClFN3O2/c19-15-10-14(6-7-16(15)20)25-12-18(24)22-17-8-9-21-23(17)11-13-4-2-1-3-5-13/h1-10H,11-12H2,(H,22,24). The van der Waals surface area contributed by atoms with Crippen LogP contribution >= 0.6 is 11.6 Å². The molecule has 0 saturated carbocycles. The van der Waals surface area contributed by atoms with Crippen molar-refractivity contribution in [2.75, 3.05) is 11.9 Å². The lowest BCUT2D eigenvalue weighted by atomic mass is 10.2. The van der Waals surface area contributed by atoms with Crippen molar-refractivity contribution in [3.63, 3.8) is 0 Å². The van der Waals surface area contributed by atoms with E-state index in [1.54, 1.807) is 16.9 Å². The third kappa shape index (κ3) is 4.58. The predicted molar refractivity (Wildman–Crippen MR) is 93.3 cm³/mol. The third-order valence-corrected chi connectivity index (χ3v) is 3.71. The molecule has 3 rings (SSSR count). The van der Waals surface area contributed by atoms with Gasteiger partial charge in [0.15, 0.2) is 6.61 Å². The molecule has 1 amide bonds. The van der Waals surface area contributed by atoms with Gasteiger partial charge in [0.05, 0.1) is 17.8 Å². The van der Waals surface area contributed by atoms with Gasteiger partial charge in [-0.05, 0) is 17.7 Å². The van der Waals surface area contributed by atoms with Gasteiger partial charge < -0.3 is 10.1 Å². The lowest BCUT2D eigenvalue weighted by Crippen LogP contribution is -2.22. The number of carbonyl (C=O) groups is 1. The normalized spacial score (nSPS) is 10.5. The van der Waals surface area contributed by atoms with E-state index in [-0.39, 0.29) is 17.5 Å². The average molecular weight is 360 g/mol. The minimum atomic E-state index is -0.539. The van der Waals surface area contributed by atoms with Crippen LogP contribution in [0.15, 0.2) is 60.8 Å². The number of anilines is 1. The van der Waals surface area contributed by atoms with Gasteiger partial charge in [-0.2, -0.15) is 5.10 Å². The molecule has 25 heavy (non-hydrogen) atoms. The zero-order chi connectivity index (χ0) is 17.6. The summed E-state index contributed by atoms with van der Waals surface area (Å²) in [5, 5.41) is 6.89. The number of nitrogens with zero attached hydrogens (tertiary/aromatic N) is 2. The first-order valence-corrected chi connectivity index (χ1v) is 7.93. The molecule has 1 N–H and O–H groups in total. The van der Waals surface area contributed by atoms with Gasteiger partial charge in [0, 0.05) is 12.1 Å². The van der Waals surface area contributed by atoms with Crippen LogP contribution in [0.5, 0.6) is 5.75 Å². The Balaban J connectivity index is 1.58. The van der Waals surface area contributed by atoms with Gasteiger partial charge >= 0.3 is 0 Å². The summed E-state index contributed by atoms with van der Waals surface area (Å²) >= 11 is 5.67. The Morgan fingerprint density at radius 2 is 2.00 bits per heavy atom. The molecule has 0 aliphatic rings. The van der Waals surface area contributed by atoms with Crippen LogP contribution in [0.3, 0.4) is 0 Å². The Morgan fingerprint density at radius 1 is 1.20 bits per heavy atom. The quantitative estimate of drug-likeness (QED) is 0.729. The van der Waals surface area contributed by atoms with Crippen LogP contribution < -0.4 is 10.1 Å². The van der Waals surface area contributed by atoms with Crippen LogP contribution in [0.25, 0.3) is 0 Å². The summed E-state index contributed by atoms with van der Waals surface area (Å²) in [5.41, 5.74) is 1.07. The fraction of sp³-hybridized carbons (Fsp3) is 0.111. The van der Waals surface area contributed by atoms with E-state index in [0.717, 1.165) is 5.56 Å². The average Bonchev–Trinajstić information content (AvgIpc) is 3.03. The molecule has 0 fully saturated rings. The van der Waals surface area contributed by atoms with E-state index < -0.39 is 5.82 Å². The molecule has 5 nitrogen and oxygen atoms in total. The van der Waals surface area contributed by atoms with Gasteiger partial charge in [0.2, 0.25) is 0 Å². The lowest BCUT2D eigenvalue weighted by Gasteiger charge is -2.10. The monoisotopic (exact) mass is 359 g/mol. The number of hydrogen-bond acceptors (Lipinski definition) is 3. The van der Waals surface area contributed by atoms with Crippen LogP contribution in [-0.2, 0) is 11.3 Å². The number of amides is 1. The molecule has 3 aromatic rings. The first kappa shape index (κ1) is 17.0. The first-order chi connectivity index (χ1) is 12.1. The summed E-state index contributed by atoms with van der Waals surface area (Å²) < 4.78 is 20.1. The Morgan fingerprint density at radius 3 is 2.76 bits per heavy atom. The summed E-state index contributed by atoms with van der Waals surface area (Å²) in [6.45, 7) is 0.316. The van der Waals surface area contributed by atoms with Crippen LogP contribution in [0.2, 0.25) is 5.02 Å². The van der Waals surface area contributed by atoms with Crippen molar-refractivity contribution < 1.29 is 13.9 Å². The van der Waals surface area contributed by atoms with E-state index in [0.29, 0.717) is 18.1 Å². The Labute approximate surface area is 149 Å². The van der Waals surface area contributed by atoms with Gasteiger partial charge in [-0.3, -0.25) is 4.79 Å². The highest BCUT2D eigenvalue weighted by Gasteiger charge is 2.09. The molecule has 0 aliphatic heterocycles. The summed E-state index contributed by atoms with van der Waals surface area (Å²) in [6, 6.07) is 15.4. The molecule has 0 bridgehead atoms. The van der Waals surface area contributed by atoms with Gasteiger partial charge in [0.1, 0.15) is 17.4 Å². The molecule has 1 heterocycles. The van der Waals surface area contributed by atoms with Crippen molar-refractivity contribution in [2.24, 2.45) is 0 Å². The zero-order valence-corrected chi connectivity index (χ0v) is 13.9. The van der Waals surface area contributed by atoms with Gasteiger partial charge in [0.25, 0.3) is 5.91 Å². The number of nitrogens with one attached hydrogen (secondary N) is 1. The summed E-state index contributed by atoms with van der Waals surface area (Å²) in [6.07, 6.45) is 1.61. The van der Waals surface area contributed by atoms with Gasteiger partial charge in [-0.1, -0.05) is 41.9 Å². The fourth-order valence-electron chi connectivity index (χ4n) is 2.22. The van der Waals surface area contributed by atoms with E-state index in [9.17, 15) is 9.18 Å². The van der Waals surface area contributed by atoms with Crippen LogP contribution in [0.4, 0.5) is 10.2 Å². The topological polar surface area (TPSA) is 56.1 Å². The van der Waals surface area contributed by atoms with Crippen molar-refractivity contribution in [3.05, 3.63) is 77.2 Å². The summed E-state index contributed by atoms with van der Waals surface area (Å²) in [5.74, 6) is -0.00697. The number of rotatable bonds is 6. The molecular formula is C18H15ClFN3O2. The second kappa shape index (κ2) is 7.81. The van der Waals surface area contributed by atoms with Crippen LogP contribution in [0, 0.1) is 5.82 Å². The highest BCUT2D eigenvalue weighted by atomic mass is 35.5. The van der Waals surface area contributed by atoms with E-state index >= 15 is 0 Å². The molecule has 2 aromatic carbocycles. The van der Waals surface area contributed by atoms with Crippen molar-refractivity contribution in [1.82, 2.24) is 9.78 Å². The molecule has 1 aromatic heterocycles. The Kier molecular flexibility index (Phi) is 5.30. The largest absolute Gasteiger partial charge is 0.484 e. The first-order valence-electron chi connectivity index (χ1n) is 7.55. The fourth-order valence-corrected chi connectivity index (χ4v) is 2.39. The minimum Gasteiger partial charge on any atom is -0.484 e. The SMILES string of the molecule is O=C(COc1ccc(F)c(Cl)c1)Nc1ccnn1Cc1ccccc1. The van der Waals surface area contributed by atoms with Gasteiger partial charge in [-0.15, -0.1) is 0 Å². The predicted octanol–water partition coefficient (Wildman–Crippen LogP) is 3.74. The molecule has 0 unspecified atom stereocenters. The van der Waals surface area contributed by atoms with Crippen LogP contribution in [0.1, 0.15) is 5.56 Å². The molecule has 0 radical (unpaired) electrons. The smallest absolute Gasteiger partial charge is 0.263 e. The molecule has 0 atom stereocenters. The van der Waals surface area contributed by atoms with E-state index in [2.05, 4.69) is 10.4 Å². The van der Waals surface area contributed by atoms with Gasteiger partial charge in [-0.25, -0.2) is 9.07 Å². The van der Waals surface area contributed by atoms with Crippen molar-refractivity contribution in [3.8, 4) is 5.75 Å². The molecule has 7 heteroatoms. The molecule has 0 saturated heterocycles. The second-order valence-corrected chi connectivity index (χ2v) is 5.68. The maximum Gasteiger partial charge on any atom is 0.263 e. The highest BCUT2D eigenvalue weighted by molar-refractivity contribution is 6.30. The molecule has 128 valence electrons. The van der Waals surface area contributed by atoms with Crippen molar-refractivity contribution in [2.45, 2.75) is 6.54 Å². The van der Waals surface area contributed by atoms with E-state index in [4.69, 9.17) is 16.3 Å². The summed E-state index contributed by atoms with van der Waals surface area (Å²) in [4.78, 5) is 12.1. The zero-order valence-electron chi connectivity index (χ0n) is 13.2. The lowest BCUT2D eigenvalue weighted by molar-refractivity contribution is -0.118. The van der Waals surface area contributed by atoms with E-state index in [1.807, 2.05) is 30.3 Å². The number of hydrogen-bond donors (Lipinski definition) is 1. The molecular weight excluding hydrogens is 345 g/mol. The van der Waals surface area contributed by atoms with E-state index in [1.165, 1.54) is 18.2 Å².